The molecule has 6 bridgehead atoms. The zero-order valence-electron chi connectivity index (χ0n) is 15.4. The molecule has 0 spiro atoms. The van der Waals surface area contributed by atoms with E-state index in [9.17, 15) is 22.0 Å². The van der Waals surface area contributed by atoms with Gasteiger partial charge < -0.3 is 4.74 Å². The lowest BCUT2D eigenvalue weighted by molar-refractivity contribution is -0.168. The van der Waals surface area contributed by atoms with Crippen molar-refractivity contribution in [2.24, 2.45) is 29.1 Å². The third kappa shape index (κ3) is 2.13. The van der Waals surface area contributed by atoms with E-state index in [1.165, 1.54) is 11.1 Å². The Morgan fingerprint density at radius 3 is 2.25 bits per heavy atom. The minimum Gasteiger partial charge on any atom is -0.460 e. The molecule has 0 aromatic heterocycles. The molecule has 1 aromatic carbocycles. The van der Waals surface area contributed by atoms with Gasteiger partial charge in [0.25, 0.3) is 0 Å². The van der Waals surface area contributed by atoms with E-state index < -0.39 is 21.3 Å². The van der Waals surface area contributed by atoms with Gasteiger partial charge in [-0.05, 0) is 67.3 Å². The van der Waals surface area contributed by atoms with Crippen molar-refractivity contribution in [1.82, 2.24) is 0 Å². The van der Waals surface area contributed by atoms with Gasteiger partial charge in [0, 0.05) is 5.41 Å². The molecule has 0 heterocycles. The van der Waals surface area contributed by atoms with Gasteiger partial charge >= 0.3 is 21.3 Å². The van der Waals surface area contributed by atoms with Crippen LogP contribution in [0.5, 0.6) is 0 Å². The van der Waals surface area contributed by atoms with E-state index in [4.69, 9.17) is 9.29 Å². The molecular formula is C20H22F2O5S. The molecule has 0 radical (unpaired) electrons. The van der Waals surface area contributed by atoms with Gasteiger partial charge in [0.1, 0.15) is 0 Å². The number of ether oxygens (including phenoxy) is 1. The Morgan fingerprint density at radius 1 is 1.18 bits per heavy atom. The fourth-order valence-corrected chi connectivity index (χ4v) is 7.81. The van der Waals surface area contributed by atoms with Gasteiger partial charge in [-0.15, -0.1) is 0 Å². The number of benzene rings is 1. The first-order chi connectivity index (χ1) is 13.0. The first-order valence-electron chi connectivity index (χ1n) is 9.59. The molecule has 4 saturated carbocycles. The predicted octanol–water partition coefficient (Wildman–Crippen LogP) is 3.32. The third-order valence-electron chi connectivity index (χ3n) is 8.00. The molecule has 5 rings (SSSR count). The summed E-state index contributed by atoms with van der Waals surface area (Å²) in [6, 6.07) is 8.50. The van der Waals surface area contributed by atoms with E-state index in [0.29, 0.717) is 17.8 Å². The normalized spacial score (nSPS) is 40.4. The van der Waals surface area contributed by atoms with Gasteiger partial charge in [-0.3, -0.25) is 4.55 Å². The number of hydrogen-bond donors (Lipinski definition) is 1. The molecule has 8 heteroatoms. The van der Waals surface area contributed by atoms with Crippen LogP contribution in [-0.2, 0) is 25.1 Å². The van der Waals surface area contributed by atoms with Gasteiger partial charge in [-0.25, -0.2) is 4.79 Å². The van der Waals surface area contributed by atoms with E-state index in [-0.39, 0.29) is 23.4 Å². The number of alkyl halides is 2. The molecule has 0 saturated heterocycles. The molecule has 1 aromatic rings. The van der Waals surface area contributed by atoms with E-state index in [1.807, 2.05) is 6.92 Å². The highest BCUT2D eigenvalue weighted by molar-refractivity contribution is 7.87. The quantitative estimate of drug-likeness (QED) is 0.593. The molecule has 28 heavy (non-hydrogen) atoms. The van der Waals surface area contributed by atoms with Crippen LogP contribution in [0, 0.1) is 36.0 Å². The van der Waals surface area contributed by atoms with Crippen LogP contribution in [0.2, 0.25) is 0 Å². The van der Waals surface area contributed by atoms with Crippen LogP contribution in [-0.4, -0.2) is 30.8 Å². The highest BCUT2D eigenvalue weighted by Crippen LogP contribution is 2.82. The number of esters is 1. The van der Waals surface area contributed by atoms with Crippen molar-refractivity contribution in [2.45, 2.75) is 43.3 Å². The molecule has 0 amide bonds. The smallest absolute Gasteiger partial charge is 0.460 e. The minimum absolute atomic E-state index is 0.00216. The first kappa shape index (κ1) is 18.5. The second-order valence-electron chi connectivity index (χ2n) is 9.34. The maximum atomic E-state index is 13.6. The van der Waals surface area contributed by atoms with Gasteiger partial charge in [0.05, 0.1) is 6.61 Å². The summed E-state index contributed by atoms with van der Waals surface area (Å²) in [4.78, 5) is 11.7. The van der Waals surface area contributed by atoms with Gasteiger partial charge in [-0.2, -0.15) is 17.2 Å². The van der Waals surface area contributed by atoms with Gasteiger partial charge in [0.2, 0.25) is 0 Å². The summed E-state index contributed by atoms with van der Waals surface area (Å²) >= 11 is 0. The summed E-state index contributed by atoms with van der Waals surface area (Å²) in [5, 5.41) is -4.93. The fourth-order valence-electron chi connectivity index (χ4n) is 7.54. The van der Waals surface area contributed by atoms with E-state index >= 15 is 0 Å². The topological polar surface area (TPSA) is 80.7 Å². The van der Waals surface area contributed by atoms with Crippen LogP contribution < -0.4 is 0 Å². The van der Waals surface area contributed by atoms with Crippen molar-refractivity contribution in [3.63, 3.8) is 0 Å². The Bertz CT molecular complexity index is 939. The molecule has 1 N–H and O–H groups in total. The minimum atomic E-state index is -5.84. The average molecular weight is 412 g/mol. The molecular weight excluding hydrogens is 390 g/mol. The predicted molar refractivity (Wildman–Crippen MR) is 95.2 cm³/mol. The monoisotopic (exact) mass is 412 g/mol. The maximum absolute atomic E-state index is 13.6. The van der Waals surface area contributed by atoms with Crippen molar-refractivity contribution in [2.75, 3.05) is 6.61 Å². The molecule has 4 aliphatic rings. The summed E-state index contributed by atoms with van der Waals surface area (Å²) in [7, 11) is -5.84. The van der Waals surface area contributed by atoms with E-state index in [0.717, 1.165) is 25.7 Å². The van der Waals surface area contributed by atoms with Crippen molar-refractivity contribution < 1.29 is 31.3 Å². The van der Waals surface area contributed by atoms with E-state index in [2.05, 4.69) is 24.3 Å². The average Bonchev–Trinajstić information content (AvgIpc) is 3.29. The van der Waals surface area contributed by atoms with E-state index in [1.54, 1.807) is 0 Å². The second-order valence-corrected chi connectivity index (χ2v) is 10.8. The standard InChI is InChI=1S/C20H22F2O5S/c1-11-2-4-14(5-3-11)19-8-12-6-18(7-13(9-19)15(12)16(18)19)10-27-17(23)20(21,22)28(24,25)26/h2-5,12-13,15-16H,6-10H2,1H3,(H,24,25,26). The lowest BCUT2D eigenvalue weighted by Gasteiger charge is -2.52. The summed E-state index contributed by atoms with van der Waals surface area (Å²) in [6.45, 7) is 1.83. The zero-order valence-corrected chi connectivity index (χ0v) is 16.2. The Hall–Kier alpha value is -1.54. The summed E-state index contributed by atoms with van der Waals surface area (Å²) in [6.07, 6.45) is 3.83. The Balaban J connectivity index is 1.42. The maximum Gasteiger partial charge on any atom is 0.465 e. The van der Waals surface area contributed by atoms with Crippen molar-refractivity contribution in [3.8, 4) is 0 Å². The SMILES string of the molecule is Cc1ccc(C23CC4CC5(COC(=O)C(F)(F)S(=O)(=O)O)CC(C2)C4C53)cc1. The fraction of sp³-hybridized carbons (Fsp3) is 0.650. The summed E-state index contributed by atoms with van der Waals surface area (Å²) < 4.78 is 62.2. The highest BCUT2D eigenvalue weighted by atomic mass is 32.2. The number of halogens is 2. The lowest BCUT2D eigenvalue weighted by atomic mass is 9.52. The van der Waals surface area contributed by atoms with Crippen LogP contribution >= 0.6 is 0 Å². The van der Waals surface area contributed by atoms with Crippen LogP contribution in [0.4, 0.5) is 8.78 Å². The first-order valence-corrected chi connectivity index (χ1v) is 11.0. The number of rotatable bonds is 5. The molecule has 152 valence electrons. The molecule has 3 atom stereocenters. The van der Waals surface area contributed by atoms with Crippen molar-refractivity contribution >= 4 is 16.1 Å². The highest BCUT2D eigenvalue weighted by Gasteiger charge is 2.78. The summed E-state index contributed by atoms with van der Waals surface area (Å²) in [5.74, 6) is -0.389. The largest absolute Gasteiger partial charge is 0.465 e. The Kier molecular flexibility index (Phi) is 3.52. The van der Waals surface area contributed by atoms with Crippen molar-refractivity contribution in [1.29, 1.82) is 0 Å². The number of carbonyl (C=O) groups is 1. The number of hydrogen-bond acceptors (Lipinski definition) is 4. The molecule has 4 fully saturated rings. The van der Waals surface area contributed by atoms with Crippen LogP contribution in [0.15, 0.2) is 24.3 Å². The molecule has 0 aliphatic heterocycles. The van der Waals surface area contributed by atoms with Gasteiger partial charge in [0.15, 0.2) is 0 Å². The zero-order chi connectivity index (χ0) is 20.1. The third-order valence-corrected chi connectivity index (χ3v) is 8.81. The second kappa shape index (κ2) is 5.33. The van der Waals surface area contributed by atoms with Crippen LogP contribution in [0.3, 0.4) is 0 Å². The Morgan fingerprint density at radius 2 is 1.75 bits per heavy atom. The molecule has 4 aliphatic carbocycles. The van der Waals surface area contributed by atoms with Crippen LogP contribution in [0.25, 0.3) is 0 Å². The van der Waals surface area contributed by atoms with Crippen molar-refractivity contribution in [3.05, 3.63) is 35.4 Å². The summed E-state index contributed by atoms with van der Waals surface area (Å²) in [5.41, 5.74) is 2.09. The van der Waals surface area contributed by atoms with Crippen LogP contribution in [0.1, 0.15) is 36.8 Å². The lowest BCUT2D eigenvalue weighted by Crippen LogP contribution is -2.50. The Labute approximate surface area is 162 Å². The molecule has 5 nitrogen and oxygen atoms in total. The molecule has 3 unspecified atom stereocenters. The number of carbonyl (C=O) groups excluding carboxylic acids is 1. The van der Waals surface area contributed by atoms with Gasteiger partial charge in [-0.1, -0.05) is 29.8 Å². The number of aryl methyl sites for hydroxylation is 1.